The van der Waals surface area contributed by atoms with Crippen LogP contribution in [0, 0.1) is 12.8 Å². The van der Waals surface area contributed by atoms with E-state index in [4.69, 9.17) is 0 Å². The molecule has 0 amide bonds. The Labute approximate surface area is 162 Å². The molecule has 2 N–H and O–H groups in total. The summed E-state index contributed by atoms with van der Waals surface area (Å²) < 4.78 is 1.09. The normalized spacial score (nSPS) is 16.3. The number of likely N-dealkylation sites (tertiary alicyclic amines) is 1. The first-order chi connectivity index (χ1) is 12.6. The van der Waals surface area contributed by atoms with Crippen molar-refractivity contribution in [3.8, 4) is 0 Å². The van der Waals surface area contributed by atoms with Crippen molar-refractivity contribution >= 4 is 38.5 Å². The molecule has 1 aliphatic rings. The van der Waals surface area contributed by atoms with Gasteiger partial charge in [0.25, 0.3) is 0 Å². The van der Waals surface area contributed by atoms with E-state index in [1.54, 1.807) is 6.33 Å². The van der Waals surface area contributed by atoms with Crippen LogP contribution in [-0.2, 0) is 6.54 Å². The van der Waals surface area contributed by atoms with Crippen LogP contribution in [0.4, 0.5) is 11.5 Å². The number of piperidine rings is 1. The SMILES string of the molecule is Cc1ccc(Nc2ncnc3[nH]cc(CN4CCC(C)CC4)c23)cc1Br. The molecule has 4 rings (SSSR count). The number of aromatic amines is 1. The Bertz CT molecular complexity index is 912. The van der Waals surface area contributed by atoms with Gasteiger partial charge in [-0.05, 0) is 62.0 Å². The monoisotopic (exact) mass is 413 g/mol. The summed E-state index contributed by atoms with van der Waals surface area (Å²) in [4.78, 5) is 14.8. The number of rotatable bonds is 4. The smallest absolute Gasteiger partial charge is 0.143 e. The summed E-state index contributed by atoms with van der Waals surface area (Å²) in [5.41, 5.74) is 4.37. The van der Waals surface area contributed by atoms with E-state index in [-0.39, 0.29) is 0 Å². The quantitative estimate of drug-likeness (QED) is 0.631. The van der Waals surface area contributed by atoms with Crippen molar-refractivity contribution in [2.24, 2.45) is 5.92 Å². The summed E-state index contributed by atoms with van der Waals surface area (Å²) in [6.07, 6.45) is 6.24. The molecule has 5 nitrogen and oxygen atoms in total. The second-order valence-electron chi connectivity index (χ2n) is 7.31. The number of halogens is 1. The number of H-pyrrole nitrogens is 1. The molecule has 6 heteroatoms. The highest BCUT2D eigenvalue weighted by atomic mass is 79.9. The van der Waals surface area contributed by atoms with E-state index in [0.717, 1.165) is 52.6 Å². The van der Waals surface area contributed by atoms with Crippen LogP contribution >= 0.6 is 15.9 Å². The Morgan fingerprint density at radius 1 is 1.27 bits per heavy atom. The second-order valence-corrected chi connectivity index (χ2v) is 8.16. The molecule has 0 bridgehead atoms. The van der Waals surface area contributed by atoms with Gasteiger partial charge in [0.15, 0.2) is 0 Å². The number of anilines is 2. The predicted octanol–water partition coefficient (Wildman–Crippen LogP) is 5.00. The third kappa shape index (κ3) is 3.62. The lowest BCUT2D eigenvalue weighted by molar-refractivity contribution is 0.186. The summed E-state index contributed by atoms with van der Waals surface area (Å²) in [6, 6.07) is 6.26. The van der Waals surface area contributed by atoms with Crippen LogP contribution < -0.4 is 5.32 Å². The van der Waals surface area contributed by atoms with Crippen molar-refractivity contribution < 1.29 is 0 Å². The van der Waals surface area contributed by atoms with Crippen LogP contribution in [0.2, 0.25) is 0 Å². The third-order valence-corrected chi connectivity index (χ3v) is 6.11. The molecule has 136 valence electrons. The van der Waals surface area contributed by atoms with Gasteiger partial charge >= 0.3 is 0 Å². The molecule has 1 aliphatic heterocycles. The Kier molecular flexibility index (Phi) is 4.96. The second kappa shape index (κ2) is 7.37. The van der Waals surface area contributed by atoms with Crippen molar-refractivity contribution in [1.29, 1.82) is 0 Å². The zero-order valence-corrected chi connectivity index (χ0v) is 16.8. The summed E-state index contributed by atoms with van der Waals surface area (Å²) in [5, 5.41) is 4.55. The van der Waals surface area contributed by atoms with Crippen molar-refractivity contribution in [3.63, 3.8) is 0 Å². The zero-order chi connectivity index (χ0) is 18.1. The minimum atomic E-state index is 0.842. The minimum Gasteiger partial charge on any atom is -0.346 e. The molecule has 0 radical (unpaired) electrons. The molecule has 1 aromatic carbocycles. The summed E-state index contributed by atoms with van der Waals surface area (Å²) in [6.45, 7) is 7.69. The van der Waals surface area contributed by atoms with Crippen LogP contribution in [0.15, 0.2) is 35.2 Å². The van der Waals surface area contributed by atoms with Crippen LogP contribution in [0.3, 0.4) is 0 Å². The van der Waals surface area contributed by atoms with Gasteiger partial charge in [-0.15, -0.1) is 0 Å². The lowest BCUT2D eigenvalue weighted by atomic mass is 9.99. The third-order valence-electron chi connectivity index (χ3n) is 5.26. The van der Waals surface area contributed by atoms with Gasteiger partial charge in [0.1, 0.15) is 17.8 Å². The molecule has 1 fully saturated rings. The Hall–Kier alpha value is -1.92. The molecule has 0 atom stereocenters. The molecule has 0 saturated carbocycles. The number of benzene rings is 1. The molecule has 3 aromatic rings. The van der Waals surface area contributed by atoms with E-state index in [9.17, 15) is 0 Å². The maximum Gasteiger partial charge on any atom is 0.143 e. The fraction of sp³-hybridized carbons (Fsp3) is 0.400. The van der Waals surface area contributed by atoms with Gasteiger partial charge in [-0.2, -0.15) is 0 Å². The number of fused-ring (bicyclic) bond motifs is 1. The fourth-order valence-electron chi connectivity index (χ4n) is 3.51. The predicted molar refractivity (Wildman–Crippen MR) is 110 cm³/mol. The van der Waals surface area contributed by atoms with Crippen molar-refractivity contribution in [3.05, 3.63) is 46.3 Å². The maximum absolute atomic E-state index is 4.52. The van der Waals surface area contributed by atoms with E-state index < -0.39 is 0 Å². The van der Waals surface area contributed by atoms with Crippen molar-refractivity contribution in [2.45, 2.75) is 33.2 Å². The molecule has 0 aliphatic carbocycles. The van der Waals surface area contributed by atoms with Gasteiger partial charge in [-0.3, -0.25) is 4.90 Å². The molecule has 26 heavy (non-hydrogen) atoms. The number of hydrogen-bond acceptors (Lipinski definition) is 4. The van der Waals surface area contributed by atoms with E-state index in [1.165, 1.54) is 24.0 Å². The largest absolute Gasteiger partial charge is 0.346 e. The van der Waals surface area contributed by atoms with Crippen LogP contribution in [-0.4, -0.2) is 32.9 Å². The van der Waals surface area contributed by atoms with Gasteiger partial charge in [0, 0.05) is 22.9 Å². The van der Waals surface area contributed by atoms with Gasteiger partial charge in [-0.1, -0.05) is 28.9 Å². The highest BCUT2D eigenvalue weighted by Gasteiger charge is 2.19. The van der Waals surface area contributed by atoms with E-state index in [0.29, 0.717) is 0 Å². The average Bonchev–Trinajstić information content (AvgIpc) is 3.04. The Morgan fingerprint density at radius 2 is 2.08 bits per heavy atom. The lowest BCUT2D eigenvalue weighted by Gasteiger charge is -2.30. The number of nitrogens with one attached hydrogen (secondary N) is 2. The zero-order valence-electron chi connectivity index (χ0n) is 15.2. The minimum absolute atomic E-state index is 0.842. The van der Waals surface area contributed by atoms with Crippen LogP contribution in [0.5, 0.6) is 0 Å². The number of hydrogen-bond donors (Lipinski definition) is 2. The molecule has 1 saturated heterocycles. The van der Waals surface area contributed by atoms with Crippen molar-refractivity contribution in [2.75, 3.05) is 18.4 Å². The molecule has 0 spiro atoms. The maximum atomic E-state index is 4.52. The molecule has 3 heterocycles. The first-order valence-corrected chi connectivity index (χ1v) is 9.96. The van der Waals surface area contributed by atoms with E-state index in [2.05, 4.69) is 79.3 Å². The van der Waals surface area contributed by atoms with Crippen molar-refractivity contribution in [1.82, 2.24) is 19.9 Å². The first kappa shape index (κ1) is 17.5. The van der Waals surface area contributed by atoms with E-state index >= 15 is 0 Å². The molecular weight excluding hydrogens is 390 g/mol. The average molecular weight is 414 g/mol. The number of aryl methyl sites for hydroxylation is 1. The molecule has 0 unspecified atom stereocenters. The molecule has 2 aromatic heterocycles. The fourth-order valence-corrected chi connectivity index (χ4v) is 3.89. The lowest BCUT2D eigenvalue weighted by Crippen LogP contribution is -2.32. The summed E-state index contributed by atoms with van der Waals surface area (Å²) in [5.74, 6) is 1.70. The summed E-state index contributed by atoms with van der Waals surface area (Å²) >= 11 is 3.60. The van der Waals surface area contributed by atoms with Gasteiger partial charge in [0.2, 0.25) is 0 Å². The van der Waals surface area contributed by atoms with Gasteiger partial charge in [0.05, 0.1) is 5.39 Å². The highest BCUT2D eigenvalue weighted by Crippen LogP contribution is 2.29. The number of nitrogens with zero attached hydrogens (tertiary/aromatic N) is 3. The molecular formula is C20H24BrN5. The van der Waals surface area contributed by atoms with Gasteiger partial charge in [-0.25, -0.2) is 9.97 Å². The standard InChI is InChI=1S/C20H24BrN5/c1-13-5-7-26(8-6-13)11-15-10-22-19-18(15)20(24-12-23-19)25-16-4-3-14(2)17(21)9-16/h3-4,9-10,12-13H,5-8,11H2,1-2H3,(H2,22,23,24,25). The Morgan fingerprint density at radius 3 is 2.85 bits per heavy atom. The Balaban J connectivity index is 1.62. The van der Waals surface area contributed by atoms with Gasteiger partial charge < -0.3 is 10.3 Å². The van der Waals surface area contributed by atoms with E-state index in [1.807, 2.05) is 0 Å². The topological polar surface area (TPSA) is 56.8 Å². The highest BCUT2D eigenvalue weighted by molar-refractivity contribution is 9.10. The summed E-state index contributed by atoms with van der Waals surface area (Å²) in [7, 11) is 0. The van der Waals surface area contributed by atoms with Crippen LogP contribution in [0.1, 0.15) is 30.9 Å². The first-order valence-electron chi connectivity index (χ1n) is 9.16. The number of aromatic nitrogens is 3. The van der Waals surface area contributed by atoms with Crippen LogP contribution in [0.25, 0.3) is 11.0 Å².